The lowest BCUT2D eigenvalue weighted by Crippen LogP contribution is -2.55. The van der Waals surface area contributed by atoms with Crippen molar-refractivity contribution in [2.24, 2.45) is 0 Å². The topological polar surface area (TPSA) is 75.9 Å². The first-order valence-electron chi connectivity index (χ1n) is 11.9. The summed E-state index contributed by atoms with van der Waals surface area (Å²) in [5.74, 6) is 1.46. The number of methoxy groups -OCH3 is 1. The van der Waals surface area contributed by atoms with Crippen molar-refractivity contribution >= 4 is 40.0 Å². The zero-order valence-corrected chi connectivity index (χ0v) is 20.9. The zero-order chi connectivity index (χ0) is 24.5. The first kappa shape index (κ1) is 23.5. The molecule has 8 nitrogen and oxygen atoms in total. The molecule has 0 bridgehead atoms. The van der Waals surface area contributed by atoms with Crippen molar-refractivity contribution in [3.05, 3.63) is 64.9 Å². The highest BCUT2D eigenvalue weighted by Crippen LogP contribution is 2.29. The number of carbonyl (C=O) groups excluding carboxylic acids is 1. The summed E-state index contributed by atoms with van der Waals surface area (Å²) in [5.41, 5.74) is 2.55. The molecule has 9 heteroatoms. The molecule has 2 aromatic heterocycles. The molecule has 182 valence electrons. The van der Waals surface area contributed by atoms with Gasteiger partial charge in [0.1, 0.15) is 6.61 Å². The summed E-state index contributed by atoms with van der Waals surface area (Å²) in [6.07, 6.45) is 0.768. The molecule has 0 saturated carbocycles. The summed E-state index contributed by atoms with van der Waals surface area (Å²) in [7, 11) is 1.64. The molecule has 1 amide bonds. The number of rotatable bonds is 6. The summed E-state index contributed by atoms with van der Waals surface area (Å²) >= 11 is 6.27. The monoisotopic (exact) mass is 492 g/mol. The van der Waals surface area contributed by atoms with Crippen LogP contribution < -0.4 is 4.90 Å². The highest BCUT2D eigenvalue weighted by Gasteiger charge is 2.33. The fourth-order valence-electron chi connectivity index (χ4n) is 4.99. The summed E-state index contributed by atoms with van der Waals surface area (Å²) in [6, 6.07) is 15.7. The smallest absolute Gasteiger partial charge is 0.230 e. The average Bonchev–Trinajstić information content (AvgIpc) is 3.28. The minimum absolute atomic E-state index is 0.0169. The lowest BCUT2D eigenvalue weighted by molar-refractivity contribution is -0.135. The second-order valence-corrected chi connectivity index (χ2v) is 9.42. The normalized spacial score (nSPS) is 17.3. The Kier molecular flexibility index (Phi) is 6.58. The molecule has 1 fully saturated rings. The molecular formula is C26H29ClN6O2. The van der Waals surface area contributed by atoms with Crippen molar-refractivity contribution in [1.29, 1.82) is 0 Å². The van der Waals surface area contributed by atoms with Crippen LogP contribution in [0.3, 0.4) is 0 Å². The third-order valence-corrected chi connectivity index (χ3v) is 6.96. The van der Waals surface area contributed by atoms with Crippen molar-refractivity contribution in [1.82, 2.24) is 24.5 Å². The van der Waals surface area contributed by atoms with Gasteiger partial charge in [-0.15, -0.1) is 10.2 Å². The molecule has 0 radical (unpaired) electrons. The summed E-state index contributed by atoms with van der Waals surface area (Å²) in [6.45, 7) is 6.40. The molecule has 0 spiro atoms. The summed E-state index contributed by atoms with van der Waals surface area (Å²) in [4.78, 5) is 22.7. The molecule has 1 aliphatic rings. The van der Waals surface area contributed by atoms with E-state index in [2.05, 4.69) is 28.9 Å². The maximum Gasteiger partial charge on any atom is 0.230 e. The molecule has 2 aromatic carbocycles. The van der Waals surface area contributed by atoms with Crippen LogP contribution in [0.15, 0.2) is 48.5 Å². The minimum atomic E-state index is -0.135. The second-order valence-electron chi connectivity index (χ2n) is 8.98. The minimum Gasteiger partial charge on any atom is -0.377 e. The molecule has 0 N–H and O–H groups in total. The van der Waals surface area contributed by atoms with Gasteiger partial charge in [0, 0.05) is 43.2 Å². The van der Waals surface area contributed by atoms with Gasteiger partial charge in [-0.3, -0.25) is 4.79 Å². The van der Waals surface area contributed by atoms with E-state index < -0.39 is 0 Å². The number of amides is 1. The Labute approximate surface area is 209 Å². The van der Waals surface area contributed by atoms with E-state index in [1.165, 1.54) is 0 Å². The molecule has 5 rings (SSSR count). The number of benzene rings is 2. The van der Waals surface area contributed by atoms with Gasteiger partial charge >= 0.3 is 0 Å². The van der Waals surface area contributed by atoms with Gasteiger partial charge in [-0.05, 0) is 37.1 Å². The second kappa shape index (κ2) is 9.79. The van der Waals surface area contributed by atoms with Gasteiger partial charge in [0.15, 0.2) is 11.5 Å². The van der Waals surface area contributed by atoms with Crippen molar-refractivity contribution in [3.63, 3.8) is 0 Å². The van der Waals surface area contributed by atoms with Gasteiger partial charge in [0.05, 0.1) is 11.4 Å². The van der Waals surface area contributed by atoms with Crippen molar-refractivity contribution in [2.75, 3.05) is 31.6 Å². The molecule has 35 heavy (non-hydrogen) atoms. The number of halogens is 1. The van der Waals surface area contributed by atoms with Crippen molar-refractivity contribution in [3.8, 4) is 0 Å². The third kappa shape index (κ3) is 4.32. The van der Waals surface area contributed by atoms with E-state index >= 15 is 0 Å². The largest absolute Gasteiger partial charge is 0.377 e. The predicted molar refractivity (Wildman–Crippen MR) is 137 cm³/mol. The molecule has 0 aliphatic carbocycles. The van der Waals surface area contributed by atoms with Crippen LogP contribution in [0.4, 0.5) is 5.95 Å². The van der Waals surface area contributed by atoms with Crippen LogP contribution in [-0.2, 0) is 16.1 Å². The Bertz CT molecular complexity index is 1360. The standard InChI is InChI=1S/C26H29ClN6O2/c1-4-20(18-8-6-5-7-9-18)25(34)32-13-12-31(15-17(32)2)26-28-22-14-19(27)10-11-21(22)24-30-29-23(16-35-3)33(24)26/h5-11,14,17,20H,4,12-13,15-16H2,1-3H3/t17-,20-/m1/s1. The van der Waals surface area contributed by atoms with Crippen molar-refractivity contribution in [2.45, 2.75) is 38.8 Å². The zero-order valence-electron chi connectivity index (χ0n) is 20.2. The first-order chi connectivity index (χ1) is 17.0. The Morgan fingerprint density at radius 3 is 2.69 bits per heavy atom. The lowest BCUT2D eigenvalue weighted by Gasteiger charge is -2.41. The number of hydrogen-bond donors (Lipinski definition) is 0. The van der Waals surface area contributed by atoms with Gasteiger partial charge in [-0.1, -0.05) is 48.9 Å². The average molecular weight is 493 g/mol. The van der Waals surface area contributed by atoms with Crippen LogP contribution in [-0.4, -0.2) is 63.2 Å². The Hall–Kier alpha value is -3.23. The van der Waals surface area contributed by atoms with Crippen LogP contribution >= 0.6 is 11.6 Å². The van der Waals surface area contributed by atoms with Gasteiger partial charge in [0.25, 0.3) is 0 Å². The predicted octanol–water partition coefficient (Wildman–Crippen LogP) is 4.31. The van der Waals surface area contributed by atoms with E-state index in [1.54, 1.807) is 7.11 Å². The fourth-order valence-corrected chi connectivity index (χ4v) is 5.15. The number of piperazine rings is 1. The number of nitrogens with zero attached hydrogens (tertiary/aromatic N) is 6. The van der Waals surface area contributed by atoms with Crippen LogP contribution in [0.2, 0.25) is 5.02 Å². The van der Waals surface area contributed by atoms with Gasteiger partial charge in [0.2, 0.25) is 11.9 Å². The first-order valence-corrected chi connectivity index (χ1v) is 12.3. The molecule has 0 unspecified atom stereocenters. The highest BCUT2D eigenvalue weighted by molar-refractivity contribution is 6.31. The maximum absolute atomic E-state index is 13.5. The third-order valence-electron chi connectivity index (χ3n) is 6.73. The van der Waals surface area contributed by atoms with Gasteiger partial charge in [-0.2, -0.15) is 0 Å². The Morgan fingerprint density at radius 1 is 1.17 bits per heavy atom. The van der Waals surface area contributed by atoms with E-state index in [9.17, 15) is 4.79 Å². The van der Waals surface area contributed by atoms with E-state index in [-0.39, 0.29) is 17.9 Å². The SMILES string of the molecule is CC[C@@H](C(=O)N1CCN(c2nc3cc(Cl)ccc3c3nnc(COC)n23)C[C@H]1C)c1ccccc1. The quantitative estimate of drug-likeness (QED) is 0.399. The molecule has 1 saturated heterocycles. The summed E-state index contributed by atoms with van der Waals surface area (Å²) in [5, 5.41) is 10.3. The lowest BCUT2D eigenvalue weighted by atomic mass is 9.94. The van der Waals surface area contributed by atoms with Crippen molar-refractivity contribution < 1.29 is 9.53 Å². The molecule has 2 atom stereocenters. The molecular weight excluding hydrogens is 464 g/mol. The Morgan fingerprint density at radius 2 is 1.97 bits per heavy atom. The highest BCUT2D eigenvalue weighted by atomic mass is 35.5. The van der Waals surface area contributed by atoms with Crippen LogP contribution in [0.25, 0.3) is 16.6 Å². The van der Waals surface area contributed by atoms with E-state index in [0.717, 1.165) is 34.5 Å². The number of hydrogen-bond acceptors (Lipinski definition) is 6. The number of fused-ring (bicyclic) bond motifs is 3. The van der Waals surface area contributed by atoms with E-state index in [0.29, 0.717) is 37.1 Å². The van der Waals surface area contributed by atoms with Crippen LogP contribution in [0.1, 0.15) is 37.6 Å². The van der Waals surface area contributed by atoms with Crippen LogP contribution in [0.5, 0.6) is 0 Å². The van der Waals surface area contributed by atoms with Gasteiger partial charge < -0.3 is 14.5 Å². The Balaban J connectivity index is 1.47. The number of ether oxygens (including phenoxy) is 1. The van der Waals surface area contributed by atoms with E-state index in [1.807, 2.05) is 57.8 Å². The number of anilines is 1. The molecule has 4 aromatic rings. The van der Waals surface area contributed by atoms with Crippen LogP contribution in [0, 0.1) is 0 Å². The maximum atomic E-state index is 13.5. The van der Waals surface area contributed by atoms with E-state index in [4.69, 9.17) is 21.3 Å². The number of carbonyl (C=O) groups is 1. The van der Waals surface area contributed by atoms with Gasteiger partial charge in [-0.25, -0.2) is 9.38 Å². The fraction of sp³-hybridized carbons (Fsp3) is 0.385. The summed E-state index contributed by atoms with van der Waals surface area (Å²) < 4.78 is 7.34. The number of aromatic nitrogens is 4. The molecule has 3 heterocycles. The molecule has 1 aliphatic heterocycles.